The van der Waals surface area contributed by atoms with Crippen molar-refractivity contribution in [3.8, 4) is 0 Å². The predicted molar refractivity (Wildman–Crippen MR) is 74.9 cm³/mol. The molecule has 0 unspecified atom stereocenters. The van der Waals surface area contributed by atoms with E-state index in [1.807, 2.05) is 35.9 Å². The standard InChI is InChI=1S/C12H12N2OS2/c1-16-10-5-3-2-4-9(10)14-12(15)11-8(13)6-7-17-11/h2-7H,13H2,1H3,(H,14,15). The van der Waals surface area contributed by atoms with E-state index in [4.69, 9.17) is 5.73 Å². The zero-order chi connectivity index (χ0) is 12.3. The first kappa shape index (κ1) is 12.0. The fourth-order valence-electron chi connectivity index (χ4n) is 1.43. The molecule has 1 aromatic carbocycles. The van der Waals surface area contributed by atoms with E-state index in [2.05, 4.69) is 5.32 Å². The molecule has 0 atom stereocenters. The van der Waals surface area contributed by atoms with Crippen molar-refractivity contribution in [3.63, 3.8) is 0 Å². The maximum Gasteiger partial charge on any atom is 0.267 e. The summed E-state index contributed by atoms with van der Waals surface area (Å²) in [5.74, 6) is -0.154. The first-order valence-corrected chi connectivity index (χ1v) is 7.10. The largest absolute Gasteiger partial charge is 0.397 e. The van der Waals surface area contributed by atoms with Crippen molar-refractivity contribution in [1.82, 2.24) is 0 Å². The van der Waals surface area contributed by atoms with Crippen molar-refractivity contribution < 1.29 is 4.79 Å². The summed E-state index contributed by atoms with van der Waals surface area (Å²) in [5.41, 5.74) is 7.05. The van der Waals surface area contributed by atoms with Gasteiger partial charge in [-0.3, -0.25) is 4.79 Å². The van der Waals surface area contributed by atoms with Gasteiger partial charge in [0, 0.05) is 4.90 Å². The molecule has 0 bridgehead atoms. The SMILES string of the molecule is CSc1ccccc1NC(=O)c1sccc1N. The first-order chi connectivity index (χ1) is 8.22. The molecule has 0 saturated heterocycles. The van der Waals surface area contributed by atoms with E-state index >= 15 is 0 Å². The second-order valence-corrected chi connectivity index (χ2v) is 5.12. The van der Waals surface area contributed by atoms with Gasteiger partial charge in [0.2, 0.25) is 0 Å². The lowest BCUT2D eigenvalue weighted by molar-refractivity contribution is 0.103. The predicted octanol–water partition coefficient (Wildman–Crippen LogP) is 3.30. The molecule has 5 heteroatoms. The summed E-state index contributed by atoms with van der Waals surface area (Å²) in [7, 11) is 0. The van der Waals surface area contributed by atoms with Crippen LogP contribution in [0, 0.1) is 0 Å². The molecule has 1 aromatic heterocycles. The van der Waals surface area contributed by atoms with Gasteiger partial charge in [0.05, 0.1) is 11.4 Å². The number of nitrogen functional groups attached to an aromatic ring is 1. The van der Waals surface area contributed by atoms with Crippen LogP contribution in [0.2, 0.25) is 0 Å². The molecule has 3 nitrogen and oxygen atoms in total. The summed E-state index contributed by atoms with van der Waals surface area (Å²) in [6.07, 6.45) is 1.98. The molecule has 0 spiro atoms. The monoisotopic (exact) mass is 264 g/mol. The molecule has 0 aliphatic heterocycles. The number of hydrogen-bond acceptors (Lipinski definition) is 4. The molecule has 2 rings (SSSR count). The Hall–Kier alpha value is -1.46. The Bertz CT molecular complexity index is 537. The quantitative estimate of drug-likeness (QED) is 0.836. The van der Waals surface area contributed by atoms with Crippen LogP contribution in [-0.2, 0) is 0 Å². The number of amides is 1. The maximum absolute atomic E-state index is 12.0. The molecule has 1 heterocycles. The number of hydrogen-bond donors (Lipinski definition) is 2. The van der Waals surface area contributed by atoms with Crippen LogP contribution in [0.25, 0.3) is 0 Å². The molecule has 2 aromatic rings. The summed E-state index contributed by atoms with van der Waals surface area (Å²) in [5, 5.41) is 4.69. The lowest BCUT2D eigenvalue weighted by atomic mass is 10.3. The van der Waals surface area contributed by atoms with E-state index in [9.17, 15) is 4.79 Å². The third-order valence-electron chi connectivity index (χ3n) is 2.26. The molecule has 0 radical (unpaired) electrons. The van der Waals surface area contributed by atoms with Gasteiger partial charge >= 0.3 is 0 Å². The normalized spacial score (nSPS) is 10.2. The van der Waals surface area contributed by atoms with Gasteiger partial charge < -0.3 is 11.1 Å². The van der Waals surface area contributed by atoms with Gasteiger partial charge in [-0.2, -0.15) is 0 Å². The Kier molecular flexibility index (Phi) is 3.71. The van der Waals surface area contributed by atoms with Gasteiger partial charge in [-0.1, -0.05) is 12.1 Å². The fraction of sp³-hybridized carbons (Fsp3) is 0.0833. The van der Waals surface area contributed by atoms with Gasteiger partial charge in [0.15, 0.2) is 0 Å². The number of carbonyl (C=O) groups is 1. The summed E-state index contributed by atoms with van der Waals surface area (Å²) in [4.78, 5) is 13.6. The van der Waals surface area contributed by atoms with Crippen molar-refractivity contribution in [2.45, 2.75) is 4.90 Å². The van der Waals surface area contributed by atoms with Crippen LogP contribution in [0.1, 0.15) is 9.67 Å². The molecule has 0 fully saturated rings. The molecule has 17 heavy (non-hydrogen) atoms. The third kappa shape index (κ3) is 2.62. The number of benzene rings is 1. The highest BCUT2D eigenvalue weighted by molar-refractivity contribution is 7.98. The number of rotatable bonds is 3. The van der Waals surface area contributed by atoms with Crippen LogP contribution in [0.3, 0.4) is 0 Å². The van der Waals surface area contributed by atoms with Crippen molar-refractivity contribution >= 4 is 40.4 Å². The number of thiophene rings is 1. The molecular weight excluding hydrogens is 252 g/mol. The van der Waals surface area contributed by atoms with Gasteiger partial charge in [-0.25, -0.2) is 0 Å². The average molecular weight is 264 g/mol. The number of anilines is 2. The molecule has 0 aliphatic carbocycles. The molecule has 1 amide bonds. The summed E-state index contributed by atoms with van der Waals surface area (Å²) < 4.78 is 0. The second kappa shape index (κ2) is 5.25. The summed E-state index contributed by atoms with van der Waals surface area (Å²) in [6, 6.07) is 9.43. The van der Waals surface area contributed by atoms with Gasteiger partial charge in [-0.15, -0.1) is 23.1 Å². The highest BCUT2D eigenvalue weighted by atomic mass is 32.2. The van der Waals surface area contributed by atoms with Gasteiger partial charge in [-0.05, 0) is 29.8 Å². The number of carbonyl (C=O) groups excluding carboxylic acids is 1. The Morgan fingerprint density at radius 3 is 2.76 bits per heavy atom. The van der Waals surface area contributed by atoms with E-state index in [0.29, 0.717) is 10.6 Å². The Morgan fingerprint density at radius 2 is 2.12 bits per heavy atom. The molecule has 88 valence electrons. The van der Waals surface area contributed by atoms with Crippen LogP contribution in [0.5, 0.6) is 0 Å². The lowest BCUT2D eigenvalue weighted by Gasteiger charge is -2.08. The minimum atomic E-state index is -0.154. The highest BCUT2D eigenvalue weighted by Gasteiger charge is 2.12. The van der Waals surface area contributed by atoms with Crippen LogP contribution in [0.4, 0.5) is 11.4 Å². The number of nitrogens with two attached hydrogens (primary N) is 1. The fourth-order valence-corrected chi connectivity index (χ4v) is 2.70. The summed E-state index contributed by atoms with van der Waals surface area (Å²) >= 11 is 2.94. The Labute approximate surface area is 108 Å². The average Bonchev–Trinajstić information content (AvgIpc) is 2.76. The lowest BCUT2D eigenvalue weighted by Crippen LogP contribution is -2.12. The van der Waals surface area contributed by atoms with Crippen molar-refractivity contribution in [2.24, 2.45) is 0 Å². The highest BCUT2D eigenvalue weighted by Crippen LogP contribution is 2.26. The van der Waals surface area contributed by atoms with E-state index in [-0.39, 0.29) is 5.91 Å². The number of nitrogens with one attached hydrogen (secondary N) is 1. The van der Waals surface area contributed by atoms with Gasteiger partial charge in [0.25, 0.3) is 5.91 Å². The molecule has 0 aliphatic rings. The number of para-hydroxylation sites is 1. The van der Waals surface area contributed by atoms with Crippen LogP contribution >= 0.6 is 23.1 Å². The van der Waals surface area contributed by atoms with E-state index in [0.717, 1.165) is 10.6 Å². The first-order valence-electron chi connectivity index (χ1n) is 4.99. The second-order valence-electron chi connectivity index (χ2n) is 3.36. The maximum atomic E-state index is 12.0. The zero-order valence-corrected chi connectivity index (χ0v) is 10.9. The molecule has 0 saturated carbocycles. The van der Waals surface area contributed by atoms with Crippen LogP contribution in [0.15, 0.2) is 40.6 Å². The molecular formula is C12H12N2OS2. The third-order valence-corrected chi connectivity index (χ3v) is 3.98. The minimum absolute atomic E-state index is 0.154. The van der Waals surface area contributed by atoms with E-state index in [1.54, 1.807) is 17.8 Å². The topological polar surface area (TPSA) is 55.1 Å². The Balaban J connectivity index is 2.22. The smallest absolute Gasteiger partial charge is 0.267 e. The van der Waals surface area contributed by atoms with E-state index in [1.165, 1.54) is 11.3 Å². The minimum Gasteiger partial charge on any atom is -0.397 e. The van der Waals surface area contributed by atoms with E-state index < -0.39 is 0 Å². The van der Waals surface area contributed by atoms with Crippen LogP contribution < -0.4 is 11.1 Å². The number of thioether (sulfide) groups is 1. The van der Waals surface area contributed by atoms with Crippen molar-refractivity contribution in [1.29, 1.82) is 0 Å². The zero-order valence-electron chi connectivity index (χ0n) is 9.27. The van der Waals surface area contributed by atoms with Gasteiger partial charge in [0.1, 0.15) is 4.88 Å². The molecule has 3 N–H and O–H groups in total. The Morgan fingerprint density at radius 1 is 1.35 bits per heavy atom. The van der Waals surface area contributed by atoms with Crippen molar-refractivity contribution in [3.05, 3.63) is 40.6 Å². The van der Waals surface area contributed by atoms with Crippen LogP contribution in [-0.4, -0.2) is 12.2 Å². The van der Waals surface area contributed by atoms with Crippen molar-refractivity contribution in [2.75, 3.05) is 17.3 Å². The summed E-state index contributed by atoms with van der Waals surface area (Å²) in [6.45, 7) is 0.